The third kappa shape index (κ3) is 1.62. The van der Waals surface area contributed by atoms with Gasteiger partial charge in [0.15, 0.2) is 5.82 Å². The Morgan fingerprint density at radius 2 is 1.68 bits per heavy atom. The van der Waals surface area contributed by atoms with E-state index in [1.165, 1.54) is 20.3 Å². The molecular weight excluding hydrogens is 286 g/mol. The van der Waals surface area contributed by atoms with E-state index in [2.05, 4.69) is 22.1 Å². The zero-order valence-corrected chi connectivity index (χ0v) is 12.2. The average Bonchev–Trinajstić information content (AvgIpc) is 3.20. The largest absolute Gasteiger partial charge is 0.481 e. The summed E-state index contributed by atoms with van der Waals surface area (Å²) in [6.45, 7) is 0. The van der Waals surface area contributed by atoms with Crippen LogP contribution in [-0.2, 0) is 9.59 Å². The van der Waals surface area contributed by atoms with E-state index in [1.807, 2.05) is 0 Å². The van der Waals surface area contributed by atoms with E-state index in [1.54, 1.807) is 0 Å². The maximum absolute atomic E-state index is 12.7. The lowest BCUT2D eigenvalue weighted by atomic mass is 9.85. The molecule has 0 N–H and O–H groups in total. The number of amides is 2. The minimum absolute atomic E-state index is 0.0631. The molecule has 0 radical (unpaired) electrons. The van der Waals surface area contributed by atoms with Crippen molar-refractivity contribution in [2.24, 2.45) is 23.7 Å². The standard InChI is InChI=1S/C15H15N3O4/c1-21-10-6-9(16-15(17-10)22-2)18-13(19)11-7-3-4-8(5-7)12(11)14(18)20/h3-4,6-8,11-12H,5H2,1-2H3/t7-,8-,11+,12+/m1/s1. The Bertz CT molecular complexity index is 650. The highest BCUT2D eigenvalue weighted by molar-refractivity contribution is 6.22. The number of nitrogens with zero attached hydrogens (tertiary/aromatic N) is 3. The first-order valence-electron chi connectivity index (χ1n) is 7.17. The lowest BCUT2D eigenvalue weighted by Gasteiger charge is -2.17. The maximum atomic E-state index is 12.7. The number of methoxy groups -OCH3 is 2. The zero-order valence-electron chi connectivity index (χ0n) is 12.2. The zero-order chi connectivity index (χ0) is 15.4. The predicted octanol–water partition coefficient (Wildman–Crippen LogP) is 0.805. The third-order valence-electron chi connectivity index (χ3n) is 4.76. The molecule has 2 bridgehead atoms. The molecule has 2 heterocycles. The summed E-state index contributed by atoms with van der Waals surface area (Å²) in [6, 6.07) is 1.54. The van der Waals surface area contributed by atoms with E-state index in [0.29, 0.717) is 0 Å². The van der Waals surface area contributed by atoms with E-state index in [4.69, 9.17) is 9.47 Å². The fourth-order valence-corrected chi connectivity index (χ4v) is 3.83. The molecule has 0 unspecified atom stereocenters. The van der Waals surface area contributed by atoms with E-state index in [9.17, 15) is 9.59 Å². The van der Waals surface area contributed by atoms with Crippen LogP contribution in [0.3, 0.4) is 0 Å². The van der Waals surface area contributed by atoms with Gasteiger partial charge < -0.3 is 9.47 Å². The van der Waals surface area contributed by atoms with Gasteiger partial charge in [0.05, 0.1) is 26.1 Å². The molecule has 1 aliphatic heterocycles. The second-order valence-electron chi connectivity index (χ2n) is 5.77. The number of rotatable bonds is 3. The lowest BCUT2D eigenvalue weighted by molar-refractivity contribution is -0.123. The number of allylic oxidation sites excluding steroid dienone is 2. The summed E-state index contributed by atoms with van der Waals surface area (Å²) in [7, 11) is 2.88. The molecule has 7 nitrogen and oxygen atoms in total. The number of imide groups is 1. The van der Waals surface area contributed by atoms with Crippen molar-refractivity contribution in [2.75, 3.05) is 19.1 Å². The molecule has 2 fully saturated rings. The van der Waals surface area contributed by atoms with Gasteiger partial charge in [0, 0.05) is 6.07 Å². The number of fused-ring (bicyclic) bond motifs is 5. The van der Waals surface area contributed by atoms with Crippen LogP contribution in [0.5, 0.6) is 11.9 Å². The molecule has 1 saturated carbocycles. The van der Waals surface area contributed by atoms with Crippen molar-refractivity contribution in [3.05, 3.63) is 18.2 Å². The van der Waals surface area contributed by atoms with Gasteiger partial charge in [-0.2, -0.15) is 9.97 Å². The number of hydrogen-bond acceptors (Lipinski definition) is 6. The molecular formula is C15H15N3O4. The van der Waals surface area contributed by atoms with Crippen molar-refractivity contribution in [3.8, 4) is 11.9 Å². The highest BCUT2D eigenvalue weighted by Crippen LogP contribution is 2.53. The maximum Gasteiger partial charge on any atom is 0.321 e. The first-order valence-corrected chi connectivity index (χ1v) is 7.17. The van der Waals surface area contributed by atoms with Gasteiger partial charge in [-0.15, -0.1) is 0 Å². The van der Waals surface area contributed by atoms with Crippen LogP contribution in [-0.4, -0.2) is 36.0 Å². The Morgan fingerprint density at radius 3 is 2.23 bits per heavy atom. The molecule has 7 heteroatoms. The Labute approximate surface area is 126 Å². The van der Waals surface area contributed by atoms with Crippen molar-refractivity contribution in [1.82, 2.24) is 9.97 Å². The molecule has 114 valence electrons. The van der Waals surface area contributed by atoms with Crippen LogP contribution in [0.25, 0.3) is 0 Å². The quantitative estimate of drug-likeness (QED) is 0.607. The van der Waals surface area contributed by atoms with Crippen molar-refractivity contribution < 1.29 is 19.1 Å². The van der Waals surface area contributed by atoms with Crippen LogP contribution < -0.4 is 14.4 Å². The Balaban J connectivity index is 1.75. The smallest absolute Gasteiger partial charge is 0.321 e. The van der Waals surface area contributed by atoms with Crippen LogP contribution in [0.4, 0.5) is 5.82 Å². The van der Waals surface area contributed by atoms with Crippen LogP contribution in [0, 0.1) is 23.7 Å². The van der Waals surface area contributed by atoms with Crippen molar-refractivity contribution in [3.63, 3.8) is 0 Å². The van der Waals surface area contributed by atoms with Gasteiger partial charge >= 0.3 is 6.01 Å². The molecule has 2 aliphatic carbocycles. The SMILES string of the molecule is COc1cc(N2C(=O)[C@@H]3[C@@H](C2=O)[C@@H]2C=C[C@@H]3C2)nc(OC)n1. The summed E-state index contributed by atoms with van der Waals surface area (Å²) in [6.07, 6.45) is 5.01. The fraction of sp³-hybridized carbons (Fsp3) is 0.467. The lowest BCUT2D eigenvalue weighted by Crippen LogP contribution is -2.33. The second kappa shape index (κ2) is 4.53. The number of anilines is 1. The first kappa shape index (κ1) is 13.2. The summed E-state index contributed by atoms with van der Waals surface area (Å²) in [5.41, 5.74) is 0. The summed E-state index contributed by atoms with van der Waals surface area (Å²) < 4.78 is 10.1. The van der Waals surface area contributed by atoms with Gasteiger partial charge in [-0.1, -0.05) is 12.2 Å². The molecule has 1 aromatic rings. The summed E-state index contributed by atoms with van der Waals surface area (Å²) in [5, 5.41) is 0. The van der Waals surface area contributed by atoms with Crippen molar-refractivity contribution in [2.45, 2.75) is 6.42 Å². The first-order chi connectivity index (χ1) is 10.6. The van der Waals surface area contributed by atoms with Gasteiger partial charge in [0.1, 0.15) is 0 Å². The number of hydrogen-bond donors (Lipinski definition) is 0. The van der Waals surface area contributed by atoms with Crippen molar-refractivity contribution in [1.29, 1.82) is 0 Å². The average molecular weight is 301 g/mol. The second-order valence-corrected chi connectivity index (χ2v) is 5.77. The molecule has 2 amide bonds. The van der Waals surface area contributed by atoms with Gasteiger partial charge in [-0.3, -0.25) is 9.59 Å². The van der Waals surface area contributed by atoms with Gasteiger partial charge in [-0.05, 0) is 18.3 Å². The highest BCUT2D eigenvalue weighted by atomic mass is 16.5. The van der Waals surface area contributed by atoms with Crippen LogP contribution >= 0.6 is 0 Å². The Hall–Kier alpha value is -2.44. The summed E-state index contributed by atoms with van der Waals surface area (Å²) in [5.74, 6) is -0.0783. The number of ether oxygens (including phenoxy) is 2. The highest BCUT2D eigenvalue weighted by Gasteiger charge is 2.60. The number of carbonyl (C=O) groups is 2. The molecule has 0 aromatic carbocycles. The molecule has 4 rings (SSSR count). The molecule has 22 heavy (non-hydrogen) atoms. The molecule has 3 aliphatic rings. The van der Waals surface area contributed by atoms with E-state index in [0.717, 1.165) is 11.3 Å². The van der Waals surface area contributed by atoms with Crippen LogP contribution in [0.1, 0.15) is 6.42 Å². The molecule has 0 spiro atoms. The normalized spacial score (nSPS) is 31.8. The number of carbonyl (C=O) groups excluding carboxylic acids is 2. The number of aromatic nitrogens is 2. The minimum atomic E-state index is -0.255. The minimum Gasteiger partial charge on any atom is -0.481 e. The van der Waals surface area contributed by atoms with E-state index in [-0.39, 0.29) is 53.2 Å². The summed E-state index contributed by atoms with van der Waals surface area (Å²) >= 11 is 0. The Kier molecular flexibility index (Phi) is 2.72. The predicted molar refractivity (Wildman–Crippen MR) is 75.3 cm³/mol. The van der Waals surface area contributed by atoms with Gasteiger partial charge in [-0.25, -0.2) is 4.90 Å². The van der Waals surface area contributed by atoms with Gasteiger partial charge in [0.2, 0.25) is 17.7 Å². The van der Waals surface area contributed by atoms with Gasteiger partial charge in [0.25, 0.3) is 0 Å². The summed E-state index contributed by atoms with van der Waals surface area (Å²) in [4.78, 5) is 34.7. The third-order valence-corrected chi connectivity index (χ3v) is 4.76. The fourth-order valence-electron chi connectivity index (χ4n) is 3.83. The molecule has 1 saturated heterocycles. The molecule has 1 aromatic heterocycles. The van der Waals surface area contributed by atoms with E-state index >= 15 is 0 Å². The van der Waals surface area contributed by atoms with E-state index < -0.39 is 0 Å². The monoisotopic (exact) mass is 301 g/mol. The van der Waals surface area contributed by atoms with Crippen LogP contribution in [0.2, 0.25) is 0 Å². The van der Waals surface area contributed by atoms with Crippen molar-refractivity contribution >= 4 is 17.6 Å². The topological polar surface area (TPSA) is 81.6 Å². The van der Waals surface area contributed by atoms with Crippen LogP contribution in [0.15, 0.2) is 18.2 Å². The Morgan fingerprint density at radius 1 is 1.05 bits per heavy atom. The molecule has 4 atom stereocenters.